The van der Waals surface area contributed by atoms with Gasteiger partial charge < -0.3 is 9.47 Å². The molecule has 26 heavy (non-hydrogen) atoms. The van der Waals surface area contributed by atoms with Crippen molar-refractivity contribution in [2.45, 2.75) is 9.79 Å². The van der Waals surface area contributed by atoms with Crippen molar-refractivity contribution in [3.63, 3.8) is 0 Å². The second-order valence-corrected chi connectivity index (χ2v) is 9.30. The van der Waals surface area contributed by atoms with Crippen LogP contribution in [0, 0.1) is 0 Å². The Morgan fingerprint density at radius 1 is 0.731 bits per heavy atom. The predicted molar refractivity (Wildman–Crippen MR) is 100 cm³/mol. The lowest BCUT2D eigenvalue weighted by Gasteiger charge is -2.14. The Bertz CT molecular complexity index is 991. The molecule has 0 fully saturated rings. The highest BCUT2D eigenvalue weighted by atomic mass is 79.9. The molecule has 0 spiro atoms. The van der Waals surface area contributed by atoms with Crippen molar-refractivity contribution in [1.82, 2.24) is 0 Å². The summed E-state index contributed by atoms with van der Waals surface area (Å²) in [5, 5.41) is 0. The summed E-state index contributed by atoms with van der Waals surface area (Å²) in [6.07, 6.45) is 0. The minimum atomic E-state index is -4.59. The summed E-state index contributed by atoms with van der Waals surface area (Å²) in [6.45, 7) is 0. The van der Waals surface area contributed by atoms with Crippen LogP contribution < -0.4 is 9.47 Å². The first-order valence-electron chi connectivity index (χ1n) is 6.60. The van der Waals surface area contributed by atoms with Crippen LogP contribution in [0.15, 0.2) is 43.0 Å². The van der Waals surface area contributed by atoms with Crippen LogP contribution in [0.25, 0.3) is 11.1 Å². The molecule has 0 saturated heterocycles. The monoisotopic (exact) mass is 530 g/mol. The third-order valence-corrected chi connectivity index (χ3v) is 7.26. The molecule has 0 radical (unpaired) electrons. The molecule has 0 amide bonds. The molecule has 142 valence electrons. The van der Waals surface area contributed by atoms with Gasteiger partial charge in [-0.05, 0) is 67.3 Å². The number of halogens is 2. The zero-order chi connectivity index (χ0) is 19.9. The molecule has 2 aromatic rings. The lowest BCUT2D eigenvalue weighted by molar-refractivity contribution is 0.409. The van der Waals surface area contributed by atoms with Gasteiger partial charge in [-0.2, -0.15) is 16.8 Å². The van der Waals surface area contributed by atoms with Crippen LogP contribution in [0.3, 0.4) is 0 Å². The van der Waals surface area contributed by atoms with Crippen molar-refractivity contribution < 1.29 is 35.4 Å². The zero-order valence-electron chi connectivity index (χ0n) is 13.2. The molecular weight excluding hydrogens is 520 g/mol. The second-order valence-electron chi connectivity index (χ2n) is 4.93. The summed E-state index contributed by atoms with van der Waals surface area (Å²) in [5.74, 6) is 0.177. The van der Waals surface area contributed by atoms with Crippen LogP contribution in [0.4, 0.5) is 0 Å². The smallest absolute Gasteiger partial charge is 0.295 e. The third kappa shape index (κ3) is 4.21. The molecular formula is C14H12Br2O8S2. The Labute approximate surface area is 166 Å². The summed E-state index contributed by atoms with van der Waals surface area (Å²) >= 11 is 6.08. The first kappa shape index (κ1) is 21.1. The number of hydrogen-bond donors (Lipinski definition) is 2. The van der Waals surface area contributed by atoms with E-state index < -0.39 is 30.0 Å². The molecule has 0 aliphatic carbocycles. The van der Waals surface area contributed by atoms with Crippen molar-refractivity contribution in [2.75, 3.05) is 14.2 Å². The van der Waals surface area contributed by atoms with Crippen LogP contribution in [-0.4, -0.2) is 40.2 Å². The number of benzene rings is 2. The highest BCUT2D eigenvalue weighted by molar-refractivity contribution is 9.11. The van der Waals surface area contributed by atoms with E-state index in [1.165, 1.54) is 26.4 Å². The van der Waals surface area contributed by atoms with Gasteiger partial charge in [-0.1, -0.05) is 0 Å². The van der Waals surface area contributed by atoms with Gasteiger partial charge in [0.2, 0.25) is 0 Å². The number of methoxy groups -OCH3 is 2. The van der Waals surface area contributed by atoms with Crippen molar-refractivity contribution in [3.8, 4) is 22.6 Å². The average molecular weight is 532 g/mol. The minimum absolute atomic E-state index is 0.00494. The molecule has 8 nitrogen and oxygen atoms in total. The molecule has 0 heterocycles. The zero-order valence-corrected chi connectivity index (χ0v) is 18.0. The van der Waals surface area contributed by atoms with E-state index in [2.05, 4.69) is 31.9 Å². The number of rotatable bonds is 5. The maximum atomic E-state index is 11.6. The lowest BCUT2D eigenvalue weighted by atomic mass is 10.1. The summed E-state index contributed by atoms with van der Waals surface area (Å²) in [5.41, 5.74) is 0.404. The fraction of sp³-hybridized carbons (Fsp3) is 0.143. The van der Waals surface area contributed by atoms with Gasteiger partial charge in [0, 0.05) is 0 Å². The highest BCUT2D eigenvalue weighted by Crippen LogP contribution is 2.40. The quantitative estimate of drug-likeness (QED) is 0.562. The summed E-state index contributed by atoms with van der Waals surface area (Å²) < 4.78 is 75.5. The van der Waals surface area contributed by atoms with Crippen LogP contribution in [0.1, 0.15) is 0 Å². The Balaban J connectivity index is 2.88. The van der Waals surface area contributed by atoms with Crippen molar-refractivity contribution in [1.29, 1.82) is 0 Å². The van der Waals surface area contributed by atoms with Gasteiger partial charge in [0.25, 0.3) is 20.2 Å². The van der Waals surface area contributed by atoms with Crippen molar-refractivity contribution >= 4 is 52.1 Å². The van der Waals surface area contributed by atoms with Crippen LogP contribution in [-0.2, 0) is 20.2 Å². The van der Waals surface area contributed by atoms with Crippen molar-refractivity contribution in [3.05, 3.63) is 33.2 Å². The van der Waals surface area contributed by atoms with Gasteiger partial charge in [0.05, 0.1) is 23.2 Å². The van der Waals surface area contributed by atoms with E-state index in [-0.39, 0.29) is 31.6 Å². The molecule has 0 aliphatic rings. The van der Waals surface area contributed by atoms with Gasteiger partial charge in [-0.3, -0.25) is 9.11 Å². The predicted octanol–water partition coefficient (Wildman–Crippen LogP) is 3.39. The average Bonchev–Trinajstić information content (AvgIpc) is 2.53. The fourth-order valence-corrected chi connectivity index (χ4v) is 5.37. The summed E-state index contributed by atoms with van der Waals surface area (Å²) in [7, 11) is -6.60. The summed E-state index contributed by atoms with van der Waals surface area (Å²) in [6, 6.07) is 5.10. The molecule has 2 rings (SSSR count). The van der Waals surface area contributed by atoms with Gasteiger partial charge in [-0.15, -0.1) is 0 Å². The SMILES string of the molecule is COc1cc(-c2cc(OC)c(Br)c(S(=O)(=O)O)c2)cc(S(=O)(=O)O)c1Br. The van der Waals surface area contributed by atoms with Gasteiger partial charge in [-0.25, -0.2) is 0 Å². The first-order valence-corrected chi connectivity index (χ1v) is 11.1. The Hall–Kier alpha value is -1.18. The van der Waals surface area contributed by atoms with E-state index in [4.69, 9.17) is 9.47 Å². The third-order valence-electron chi connectivity index (χ3n) is 3.34. The van der Waals surface area contributed by atoms with E-state index in [9.17, 15) is 25.9 Å². The van der Waals surface area contributed by atoms with Crippen molar-refractivity contribution in [2.24, 2.45) is 0 Å². The standard InChI is InChI=1S/C14H12Br2O8S2/c1-23-9-3-7(5-11(13(9)15)25(17,18)19)8-4-10(24-2)14(16)12(6-8)26(20,21)22/h3-6H,1-2H3,(H,17,18,19)(H,20,21,22). The molecule has 12 heteroatoms. The van der Waals surface area contributed by atoms with E-state index in [1.54, 1.807) is 0 Å². The Morgan fingerprint density at radius 2 is 1.04 bits per heavy atom. The van der Waals surface area contributed by atoms with E-state index in [1.807, 2.05) is 0 Å². The Kier molecular flexibility index (Phi) is 6.05. The number of hydrogen-bond acceptors (Lipinski definition) is 6. The van der Waals surface area contributed by atoms with Crippen LogP contribution in [0.5, 0.6) is 11.5 Å². The normalized spacial score (nSPS) is 12.1. The van der Waals surface area contributed by atoms with Crippen LogP contribution in [0.2, 0.25) is 0 Å². The molecule has 2 aromatic carbocycles. The topological polar surface area (TPSA) is 127 Å². The second kappa shape index (κ2) is 7.44. The lowest BCUT2D eigenvalue weighted by Crippen LogP contribution is -2.03. The van der Waals surface area contributed by atoms with E-state index in [0.29, 0.717) is 0 Å². The van der Waals surface area contributed by atoms with Gasteiger partial charge in [0.1, 0.15) is 21.3 Å². The Morgan fingerprint density at radius 3 is 1.27 bits per heavy atom. The molecule has 0 aromatic heterocycles. The molecule has 2 N–H and O–H groups in total. The fourth-order valence-electron chi connectivity index (χ4n) is 2.15. The summed E-state index contributed by atoms with van der Waals surface area (Å²) in [4.78, 5) is -0.940. The maximum Gasteiger partial charge on any atom is 0.295 e. The largest absolute Gasteiger partial charge is 0.496 e. The minimum Gasteiger partial charge on any atom is -0.496 e. The van der Waals surface area contributed by atoms with E-state index in [0.717, 1.165) is 12.1 Å². The maximum absolute atomic E-state index is 11.6. The van der Waals surface area contributed by atoms with Crippen LogP contribution >= 0.6 is 31.9 Å². The van der Waals surface area contributed by atoms with Gasteiger partial charge in [0.15, 0.2) is 0 Å². The molecule has 0 bridgehead atoms. The van der Waals surface area contributed by atoms with Gasteiger partial charge >= 0.3 is 0 Å². The highest BCUT2D eigenvalue weighted by Gasteiger charge is 2.23. The molecule has 0 aliphatic heterocycles. The van der Waals surface area contributed by atoms with E-state index >= 15 is 0 Å². The molecule has 0 unspecified atom stereocenters. The molecule has 0 atom stereocenters. The number of ether oxygens (including phenoxy) is 2. The molecule has 0 saturated carbocycles. The first-order chi connectivity index (χ1) is 11.9.